The predicted molar refractivity (Wildman–Crippen MR) is 87.4 cm³/mol. The lowest BCUT2D eigenvalue weighted by Crippen LogP contribution is -2.29. The SMILES string of the molecule is CC(C)N(C)Cc1ccccc1CNC(=O)C1CC1(Cl)Cl. The number of alkyl halides is 2. The minimum absolute atomic E-state index is 0.0629. The Kier molecular flexibility index (Phi) is 5.18. The van der Waals surface area contributed by atoms with Crippen LogP contribution in [-0.4, -0.2) is 28.2 Å². The van der Waals surface area contributed by atoms with Crippen molar-refractivity contribution in [3.8, 4) is 0 Å². The van der Waals surface area contributed by atoms with Gasteiger partial charge in [0.2, 0.25) is 5.91 Å². The summed E-state index contributed by atoms with van der Waals surface area (Å²) < 4.78 is -0.860. The first-order valence-electron chi connectivity index (χ1n) is 7.24. The number of amides is 1. The normalized spacial score (nSPS) is 19.9. The second kappa shape index (κ2) is 6.55. The van der Waals surface area contributed by atoms with Gasteiger partial charge in [-0.25, -0.2) is 0 Å². The van der Waals surface area contributed by atoms with Crippen LogP contribution in [0.4, 0.5) is 0 Å². The highest BCUT2D eigenvalue weighted by molar-refractivity contribution is 6.52. The first-order chi connectivity index (χ1) is 9.81. The number of benzene rings is 1. The molecular weight excluding hydrogens is 307 g/mol. The average Bonchev–Trinajstić information content (AvgIpc) is 3.06. The summed E-state index contributed by atoms with van der Waals surface area (Å²) in [6.45, 7) is 5.71. The lowest BCUT2D eigenvalue weighted by molar-refractivity contribution is -0.122. The van der Waals surface area contributed by atoms with Crippen LogP contribution in [0.3, 0.4) is 0 Å². The molecule has 1 aliphatic carbocycles. The molecule has 0 radical (unpaired) electrons. The van der Waals surface area contributed by atoms with E-state index in [0.29, 0.717) is 19.0 Å². The summed E-state index contributed by atoms with van der Waals surface area (Å²) in [5.74, 6) is -0.335. The summed E-state index contributed by atoms with van der Waals surface area (Å²) >= 11 is 11.8. The summed E-state index contributed by atoms with van der Waals surface area (Å²) in [5.41, 5.74) is 2.36. The van der Waals surface area contributed by atoms with Gasteiger partial charge in [-0.2, -0.15) is 0 Å². The Bertz CT molecular complexity index is 517. The Morgan fingerprint density at radius 1 is 1.38 bits per heavy atom. The molecule has 0 aromatic heterocycles. The van der Waals surface area contributed by atoms with Crippen LogP contribution in [0.1, 0.15) is 31.4 Å². The van der Waals surface area contributed by atoms with Crippen molar-refractivity contribution in [1.29, 1.82) is 0 Å². The van der Waals surface area contributed by atoms with E-state index in [-0.39, 0.29) is 11.8 Å². The van der Waals surface area contributed by atoms with Gasteiger partial charge in [-0.05, 0) is 38.4 Å². The van der Waals surface area contributed by atoms with Gasteiger partial charge in [0.15, 0.2) is 0 Å². The van der Waals surface area contributed by atoms with E-state index in [4.69, 9.17) is 23.2 Å². The maximum atomic E-state index is 11.9. The van der Waals surface area contributed by atoms with Crippen molar-refractivity contribution in [3.05, 3.63) is 35.4 Å². The lowest BCUT2D eigenvalue weighted by atomic mass is 10.1. The number of carbonyl (C=O) groups is 1. The Balaban J connectivity index is 1.95. The predicted octanol–water partition coefficient (Wildman–Crippen LogP) is 3.34. The van der Waals surface area contributed by atoms with Crippen molar-refractivity contribution < 1.29 is 4.79 Å². The van der Waals surface area contributed by atoms with Crippen molar-refractivity contribution in [2.75, 3.05) is 7.05 Å². The zero-order valence-electron chi connectivity index (χ0n) is 12.7. The topological polar surface area (TPSA) is 32.3 Å². The van der Waals surface area contributed by atoms with Crippen LogP contribution in [0.5, 0.6) is 0 Å². The minimum Gasteiger partial charge on any atom is -0.352 e. The number of nitrogens with zero attached hydrogens (tertiary/aromatic N) is 1. The molecule has 1 unspecified atom stereocenters. The number of hydrogen-bond donors (Lipinski definition) is 1. The van der Waals surface area contributed by atoms with Crippen molar-refractivity contribution >= 4 is 29.1 Å². The van der Waals surface area contributed by atoms with E-state index in [9.17, 15) is 4.79 Å². The second-order valence-corrected chi connectivity index (χ2v) is 7.56. The Morgan fingerprint density at radius 3 is 2.48 bits per heavy atom. The van der Waals surface area contributed by atoms with Gasteiger partial charge >= 0.3 is 0 Å². The molecule has 0 heterocycles. The molecule has 0 saturated heterocycles. The maximum Gasteiger partial charge on any atom is 0.226 e. The first-order valence-corrected chi connectivity index (χ1v) is 7.99. The van der Waals surface area contributed by atoms with E-state index in [2.05, 4.69) is 37.2 Å². The van der Waals surface area contributed by atoms with Crippen LogP contribution < -0.4 is 5.32 Å². The van der Waals surface area contributed by atoms with Gasteiger partial charge in [0.05, 0.1) is 5.92 Å². The third kappa shape index (κ3) is 4.35. The molecule has 3 nitrogen and oxygen atoms in total. The number of carbonyl (C=O) groups excluding carboxylic acids is 1. The largest absolute Gasteiger partial charge is 0.352 e. The lowest BCUT2D eigenvalue weighted by Gasteiger charge is -2.22. The molecule has 2 rings (SSSR count). The van der Waals surface area contributed by atoms with E-state index in [1.807, 2.05) is 18.2 Å². The summed E-state index contributed by atoms with van der Waals surface area (Å²) in [7, 11) is 2.10. The molecule has 5 heteroatoms. The van der Waals surface area contributed by atoms with Gasteiger partial charge in [-0.1, -0.05) is 24.3 Å². The molecule has 0 aliphatic heterocycles. The highest BCUT2D eigenvalue weighted by atomic mass is 35.5. The molecule has 0 bridgehead atoms. The van der Waals surface area contributed by atoms with E-state index in [0.717, 1.165) is 12.1 Å². The Hall–Kier alpha value is -0.770. The van der Waals surface area contributed by atoms with Gasteiger partial charge in [-0.3, -0.25) is 9.69 Å². The molecule has 1 N–H and O–H groups in total. The number of rotatable bonds is 6. The zero-order chi connectivity index (χ0) is 15.6. The molecule has 1 atom stereocenters. The van der Waals surface area contributed by atoms with Gasteiger partial charge in [0, 0.05) is 19.1 Å². The van der Waals surface area contributed by atoms with Crippen molar-refractivity contribution in [3.63, 3.8) is 0 Å². The Labute approximate surface area is 136 Å². The van der Waals surface area contributed by atoms with Crippen molar-refractivity contribution in [2.45, 2.75) is 43.7 Å². The van der Waals surface area contributed by atoms with Gasteiger partial charge in [-0.15, -0.1) is 23.2 Å². The molecule has 1 aliphatic rings. The molecule has 116 valence electrons. The number of halogens is 2. The molecule has 1 amide bonds. The Morgan fingerprint density at radius 2 is 1.95 bits per heavy atom. The number of nitrogens with one attached hydrogen (secondary N) is 1. The van der Waals surface area contributed by atoms with Crippen LogP contribution in [0.25, 0.3) is 0 Å². The van der Waals surface area contributed by atoms with Crippen LogP contribution in [0.2, 0.25) is 0 Å². The third-order valence-corrected chi connectivity index (χ3v) is 4.85. The fourth-order valence-electron chi connectivity index (χ4n) is 2.14. The molecule has 1 saturated carbocycles. The van der Waals surface area contributed by atoms with Crippen molar-refractivity contribution in [2.24, 2.45) is 5.92 Å². The smallest absolute Gasteiger partial charge is 0.226 e. The third-order valence-electron chi connectivity index (χ3n) is 4.02. The molecule has 0 spiro atoms. The number of hydrogen-bond acceptors (Lipinski definition) is 2. The molecular formula is C16H22Cl2N2O. The molecule has 1 aromatic carbocycles. The summed E-state index contributed by atoms with van der Waals surface area (Å²) in [4.78, 5) is 14.2. The highest BCUT2D eigenvalue weighted by Crippen LogP contribution is 2.53. The van der Waals surface area contributed by atoms with Crippen LogP contribution in [-0.2, 0) is 17.9 Å². The zero-order valence-corrected chi connectivity index (χ0v) is 14.2. The van der Waals surface area contributed by atoms with E-state index >= 15 is 0 Å². The first kappa shape index (κ1) is 16.6. The standard InChI is InChI=1S/C16H22Cl2N2O/c1-11(2)20(3)10-13-7-5-4-6-12(13)9-19-15(21)14-8-16(14,17)18/h4-7,11,14H,8-10H2,1-3H3,(H,19,21). The van der Waals surface area contributed by atoms with Crippen LogP contribution in [0.15, 0.2) is 24.3 Å². The molecule has 1 fully saturated rings. The quantitative estimate of drug-likeness (QED) is 0.812. The molecule has 1 aromatic rings. The summed E-state index contributed by atoms with van der Waals surface area (Å²) in [6, 6.07) is 8.64. The van der Waals surface area contributed by atoms with E-state index < -0.39 is 4.33 Å². The monoisotopic (exact) mass is 328 g/mol. The highest BCUT2D eigenvalue weighted by Gasteiger charge is 2.56. The summed E-state index contributed by atoms with van der Waals surface area (Å²) in [6.07, 6.45) is 0.541. The second-order valence-electron chi connectivity index (χ2n) is 6.01. The average molecular weight is 329 g/mol. The fraction of sp³-hybridized carbons (Fsp3) is 0.562. The molecule has 21 heavy (non-hydrogen) atoms. The van der Waals surface area contributed by atoms with Gasteiger partial charge < -0.3 is 5.32 Å². The summed E-state index contributed by atoms with van der Waals surface area (Å²) in [5, 5.41) is 2.93. The van der Waals surface area contributed by atoms with Crippen molar-refractivity contribution in [1.82, 2.24) is 10.2 Å². The maximum absolute atomic E-state index is 11.9. The van der Waals surface area contributed by atoms with E-state index in [1.54, 1.807) is 0 Å². The van der Waals surface area contributed by atoms with Gasteiger partial charge in [0.1, 0.15) is 4.33 Å². The fourth-order valence-corrected chi connectivity index (χ4v) is 2.65. The van der Waals surface area contributed by atoms with Crippen LogP contribution >= 0.6 is 23.2 Å². The van der Waals surface area contributed by atoms with Gasteiger partial charge in [0.25, 0.3) is 0 Å². The van der Waals surface area contributed by atoms with Crippen LogP contribution in [0, 0.1) is 5.92 Å². The minimum atomic E-state index is -0.860. The van der Waals surface area contributed by atoms with E-state index in [1.165, 1.54) is 5.56 Å².